The molecule has 0 aliphatic heterocycles. The van der Waals surface area contributed by atoms with E-state index in [1.165, 1.54) is 0 Å². The van der Waals surface area contributed by atoms with Crippen molar-refractivity contribution in [2.24, 2.45) is 11.7 Å². The lowest BCUT2D eigenvalue weighted by atomic mass is 9.90. The van der Waals surface area contributed by atoms with Crippen LogP contribution in [0.5, 0.6) is 0 Å². The maximum absolute atomic E-state index is 14.7. The quantitative estimate of drug-likeness (QED) is 0.904. The first-order chi connectivity index (χ1) is 7.99. The Morgan fingerprint density at radius 3 is 2.71 bits per heavy atom. The van der Waals surface area contributed by atoms with Gasteiger partial charge >= 0.3 is 0 Å². The van der Waals surface area contributed by atoms with Crippen molar-refractivity contribution in [1.29, 1.82) is 0 Å². The number of hydrogen-bond acceptors (Lipinski definition) is 2. The van der Waals surface area contributed by atoms with Crippen LogP contribution in [0.4, 0.5) is 4.39 Å². The second-order valence-corrected chi connectivity index (χ2v) is 4.90. The molecule has 0 radical (unpaired) electrons. The maximum Gasteiger partial charge on any atom is 0.182 e. The van der Waals surface area contributed by atoms with E-state index in [1.807, 2.05) is 12.1 Å². The average Bonchev–Trinajstić information content (AvgIpc) is 2.73. The third-order valence-electron chi connectivity index (χ3n) is 3.12. The fourth-order valence-electron chi connectivity index (χ4n) is 1.85. The Hall–Kier alpha value is -1.06. The first-order valence-corrected chi connectivity index (χ1v) is 5.94. The summed E-state index contributed by atoms with van der Waals surface area (Å²) in [6.07, 6.45) is 0. The van der Waals surface area contributed by atoms with Crippen LogP contribution in [-0.4, -0.2) is 6.54 Å². The number of fused-ring (bicyclic) bond motifs is 1. The van der Waals surface area contributed by atoms with E-state index < -0.39 is 5.67 Å². The van der Waals surface area contributed by atoms with E-state index in [-0.39, 0.29) is 18.2 Å². The van der Waals surface area contributed by atoms with Gasteiger partial charge in [-0.25, -0.2) is 4.39 Å². The van der Waals surface area contributed by atoms with Crippen LogP contribution in [0.15, 0.2) is 28.7 Å². The van der Waals surface area contributed by atoms with E-state index in [1.54, 1.807) is 26.0 Å². The van der Waals surface area contributed by atoms with E-state index in [0.717, 1.165) is 5.39 Å². The number of para-hydroxylation sites is 1. The highest BCUT2D eigenvalue weighted by Gasteiger charge is 2.38. The van der Waals surface area contributed by atoms with Crippen molar-refractivity contribution in [3.63, 3.8) is 0 Å². The lowest BCUT2D eigenvalue weighted by Crippen LogP contribution is -2.35. The summed E-state index contributed by atoms with van der Waals surface area (Å²) in [5.41, 5.74) is 4.40. The Morgan fingerprint density at radius 1 is 1.47 bits per heavy atom. The largest absolute Gasteiger partial charge is 0.456 e. The molecule has 2 aromatic rings. The van der Waals surface area contributed by atoms with Crippen molar-refractivity contribution in [2.45, 2.75) is 19.5 Å². The molecule has 0 saturated carbocycles. The van der Waals surface area contributed by atoms with Gasteiger partial charge in [-0.2, -0.15) is 0 Å². The highest BCUT2D eigenvalue weighted by Crippen LogP contribution is 2.38. The number of benzene rings is 1. The van der Waals surface area contributed by atoms with E-state index in [0.29, 0.717) is 10.6 Å². The summed E-state index contributed by atoms with van der Waals surface area (Å²) in [7, 11) is 0. The Bertz CT molecular complexity index is 537. The zero-order valence-corrected chi connectivity index (χ0v) is 10.6. The van der Waals surface area contributed by atoms with Crippen molar-refractivity contribution in [3.05, 3.63) is 35.0 Å². The molecule has 1 heterocycles. The Morgan fingerprint density at radius 2 is 2.18 bits per heavy atom. The lowest BCUT2D eigenvalue weighted by Gasteiger charge is -2.25. The molecule has 0 aliphatic carbocycles. The molecule has 0 spiro atoms. The van der Waals surface area contributed by atoms with Gasteiger partial charge in [-0.3, -0.25) is 0 Å². The highest BCUT2D eigenvalue weighted by molar-refractivity contribution is 6.34. The van der Waals surface area contributed by atoms with Gasteiger partial charge in [0, 0.05) is 11.9 Å². The van der Waals surface area contributed by atoms with E-state index in [9.17, 15) is 4.39 Å². The average molecular weight is 256 g/mol. The molecule has 1 aromatic heterocycles. The SMILES string of the molecule is CC(C)C(F)(CN)c1cc2cccc(Cl)c2o1. The molecule has 2 nitrogen and oxygen atoms in total. The van der Waals surface area contributed by atoms with Gasteiger partial charge in [-0.15, -0.1) is 0 Å². The van der Waals surface area contributed by atoms with Crippen molar-refractivity contribution < 1.29 is 8.81 Å². The summed E-state index contributed by atoms with van der Waals surface area (Å²) in [6.45, 7) is 3.45. The molecule has 0 amide bonds. The molecule has 92 valence electrons. The summed E-state index contributed by atoms with van der Waals surface area (Å²) in [4.78, 5) is 0. The standard InChI is InChI=1S/C13H15ClFNO/c1-8(2)13(15,7-16)11-6-9-4-3-5-10(14)12(9)17-11/h3-6,8H,7,16H2,1-2H3. The van der Waals surface area contributed by atoms with Crippen LogP contribution < -0.4 is 5.73 Å². The smallest absolute Gasteiger partial charge is 0.182 e. The molecule has 0 saturated heterocycles. The van der Waals surface area contributed by atoms with Crippen LogP contribution in [-0.2, 0) is 5.67 Å². The van der Waals surface area contributed by atoms with Gasteiger partial charge in [-0.05, 0) is 18.1 Å². The first kappa shape index (κ1) is 12.4. The Labute approximate surface area is 105 Å². The highest BCUT2D eigenvalue weighted by atomic mass is 35.5. The van der Waals surface area contributed by atoms with Gasteiger partial charge in [-0.1, -0.05) is 37.6 Å². The summed E-state index contributed by atoms with van der Waals surface area (Å²) in [5.74, 6) is -0.00932. The third-order valence-corrected chi connectivity index (χ3v) is 3.42. The zero-order valence-electron chi connectivity index (χ0n) is 9.84. The van der Waals surface area contributed by atoms with Crippen LogP contribution in [0.1, 0.15) is 19.6 Å². The van der Waals surface area contributed by atoms with Gasteiger partial charge in [0.15, 0.2) is 11.3 Å². The van der Waals surface area contributed by atoms with Gasteiger partial charge in [0.2, 0.25) is 0 Å². The van der Waals surface area contributed by atoms with E-state index in [2.05, 4.69) is 0 Å². The lowest BCUT2D eigenvalue weighted by molar-refractivity contribution is 0.0827. The number of nitrogens with two attached hydrogens (primary N) is 1. The maximum atomic E-state index is 14.7. The van der Waals surface area contributed by atoms with E-state index >= 15 is 0 Å². The Balaban J connectivity index is 2.60. The van der Waals surface area contributed by atoms with Crippen LogP contribution in [0.2, 0.25) is 5.02 Å². The third kappa shape index (κ3) is 1.94. The van der Waals surface area contributed by atoms with Crippen LogP contribution in [0, 0.1) is 5.92 Å². The number of alkyl halides is 1. The van der Waals surface area contributed by atoms with Crippen molar-refractivity contribution >= 4 is 22.6 Å². The second kappa shape index (κ2) is 4.31. The summed E-state index contributed by atoms with van der Waals surface area (Å²) >= 11 is 6.00. The van der Waals surface area contributed by atoms with Gasteiger partial charge in [0.25, 0.3) is 0 Å². The minimum atomic E-state index is -1.65. The topological polar surface area (TPSA) is 39.2 Å². The van der Waals surface area contributed by atoms with Crippen molar-refractivity contribution in [3.8, 4) is 0 Å². The van der Waals surface area contributed by atoms with Gasteiger partial charge < -0.3 is 10.2 Å². The molecule has 1 unspecified atom stereocenters. The van der Waals surface area contributed by atoms with E-state index in [4.69, 9.17) is 21.8 Å². The second-order valence-electron chi connectivity index (χ2n) is 4.49. The molecule has 4 heteroatoms. The van der Waals surface area contributed by atoms with Gasteiger partial charge in [0.05, 0.1) is 5.02 Å². The predicted molar refractivity (Wildman–Crippen MR) is 67.9 cm³/mol. The molecule has 0 fully saturated rings. The monoisotopic (exact) mass is 255 g/mol. The summed E-state index contributed by atoms with van der Waals surface area (Å²) in [6, 6.07) is 7.04. The molecule has 2 rings (SSSR count). The number of furan rings is 1. The predicted octanol–water partition coefficient (Wildman–Crippen LogP) is 3.87. The minimum absolute atomic E-state index is 0.109. The molecular formula is C13H15ClFNO. The van der Waals surface area contributed by atoms with Crippen LogP contribution in [0.3, 0.4) is 0 Å². The number of hydrogen-bond donors (Lipinski definition) is 1. The molecule has 1 aromatic carbocycles. The normalized spacial score (nSPS) is 15.4. The first-order valence-electron chi connectivity index (χ1n) is 5.56. The molecule has 0 bridgehead atoms. The van der Waals surface area contributed by atoms with Crippen LogP contribution >= 0.6 is 11.6 Å². The molecule has 17 heavy (non-hydrogen) atoms. The minimum Gasteiger partial charge on any atom is -0.456 e. The number of rotatable bonds is 3. The molecule has 2 N–H and O–H groups in total. The van der Waals surface area contributed by atoms with Crippen molar-refractivity contribution in [1.82, 2.24) is 0 Å². The Kier molecular flexibility index (Phi) is 3.15. The zero-order chi connectivity index (χ0) is 12.6. The fraction of sp³-hybridized carbons (Fsp3) is 0.385. The summed E-state index contributed by atoms with van der Waals surface area (Å²) in [5, 5.41) is 1.28. The van der Waals surface area contributed by atoms with Crippen LogP contribution in [0.25, 0.3) is 11.0 Å². The molecular weight excluding hydrogens is 241 g/mol. The fourth-order valence-corrected chi connectivity index (χ4v) is 2.07. The molecule has 0 aliphatic rings. The number of halogens is 2. The molecule has 1 atom stereocenters. The van der Waals surface area contributed by atoms with Crippen molar-refractivity contribution in [2.75, 3.05) is 6.54 Å². The summed E-state index contributed by atoms with van der Waals surface area (Å²) < 4.78 is 20.2. The van der Waals surface area contributed by atoms with Gasteiger partial charge in [0.1, 0.15) is 5.76 Å².